The molecule has 0 unspecified atom stereocenters. The van der Waals surface area contributed by atoms with Gasteiger partial charge in [-0.3, -0.25) is 0 Å². The Balaban J connectivity index is 2.29. The van der Waals surface area contributed by atoms with Crippen LogP contribution in [0.3, 0.4) is 0 Å². The lowest BCUT2D eigenvalue weighted by Gasteiger charge is -2.04. The van der Waals surface area contributed by atoms with Crippen LogP contribution in [0.2, 0.25) is 5.15 Å². The molecule has 1 aromatic heterocycles. The van der Waals surface area contributed by atoms with Gasteiger partial charge >= 0.3 is 0 Å². The molecular weight excluding hydrogens is 335 g/mol. The van der Waals surface area contributed by atoms with E-state index >= 15 is 0 Å². The molecule has 0 atom stereocenters. The Hall–Kier alpha value is -0.680. The SMILES string of the molecule is Cc1nc(Cc2ccccc2)nc(Cl)c1I. The summed E-state index contributed by atoms with van der Waals surface area (Å²) in [7, 11) is 0. The second-order valence-corrected chi connectivity index (χ2v) is 4.93. The van der Waals surface area contributed by atoms with Gasteiger partial charge in [0.1, 0.15) is 11.0 Å². The second-order valence-electron chi connectivity index (χ2n) is 3.49. The van der Waals surface area contributed by atoms with Crippen molar-refractivity contribution in [1.82, 2.24) is 9.97 Å². The first kappa shape index (κ1) is 11.8. The minimum absolute atomic E-state index is 0.541. The monoisotopic (exact) mass is 344 g/mol. The molecule has 0 aliphatic heterocycles. The molecule has 0 amide bonds. The number of aryl methyl sites for hydroxylation is 1. The number of benzene rings is 1. The van der Waals surface area contributed by atoms with Gasteiger partial charge in [0, 0.05) is 6.42 Å². The van der Waals surface area contributed by atoms with Crippen LogP contribution in [0, 0.1) is 10.5 Å². The smallest absolute Gasteiger partial charge is 0.146 e. The Labute approximate surface area is 113 Å². The zero-order chi connectivity index (χ0) is 11.5. The van der Waals surface area contributed by atoms with Crippen molar-refractivity contribution in [2.24, 2.45) is 0 Å². The molecule has 2 aromatic rings. The Kier molecular flexibility index (Phi) is 3.76. The van der Waals surface area contributed by atoms with Crippen molar-refractivity contribution < 1.29 is 0 Å². The first-order valence-electron chi connectivity index (χ1n) is 4.89. The van der Waals surface area contributed by atoms with Gasteiger partial charge in [0.05, 0.1) is 9.26 Å². The van der Waals surface area contributed by atoms with Crippen LogP contribution in [0.4, 0.5) is 0 Å². The lowest BCUT2D eigenvalue weighted by molar-refractivity contribution is 0.933. The fourth-order valence-corrected chi connectivity index (χ4v) is 1.91. The highest BCUT2D eigenvalue weighted by Crippen LogP contribution is 2.19. The van der Waals surface area contributed by atoms with E-state index in [2.05, 4.69) is 44.7 Å². The summed E-state index contributed by atoms with van der Waals surface area (Å²) < 4.78 is 0.927. The van der Waals surface area contributed by atoms with Gasteiger partial charge in [-0.05, 0) is 35.1 Å². The Morgan fingerprint density at radius 3 is 2.50 bits per heavy atom. The summed E-state index contributed by atoms with van der Waals surface area (Å²) in [5.74, 6) is 0.772. The first-order valence-corrected chi connectivity index (χ1v) is 6.35. The Bertz CT molecular complexity index is 477. The van der Waals surface area contributed by atoms with E-state index in [9.17, 15) is 0 Å². The highest BCUT2D eigenvalue weighted by Gasteiger charge is 2.07. The van der Waals surface area contributed by atoms with Gasteiger partial charge in [-0.1, -0.05) is 41.9 Å². The van der Waals surface area contributed by atoms with E-state index in [-0.39, 0.29) is 0 Å². The van der Waals surface area contributed by atoms with Crippen molar-refractivity contribution in [1.29, 1.82) is 0 Å². The predicted molar refractivity (Wildman–Crippen MR) is 73.7 cm³/mol. The number of aromatic nitrogens is 2. The molecule has 0 radical (unpaired) electrons. The van der Waals surface area contributed by atoms with Gasteiger partial charge in [-0.15, -0.1) is 0 Å². The van der Waals surface area contributed by atoms with Gasteiger partial charge in [0.15, 0.2) is 0 Å². The van der Waals surface area contributed by atoms with E-state index in [0.717, 1.165) is 21.5 Å². The second kappa shape index (κ2) is 5.10. The molecule has 1 aromatic carbocycles. The fourth-order valence-electron chi connectivity index (χ4n) is 1.44. The molecule has 0 aliphatic carbocycles. The van der Waals surface area contributed by atoms with Crippen LogP contribution in [0.1, 0.15) is 17.1 Å². The minimum Gasteiger partial charge on any atom is -0.237 e. The number of rotatable bonds is 2. The van der Waals surface area contributed by atoms with Crippen LogP contribution in [0.15, 0.2) is 30.3 Å². The third-order valence-electron chi connectivity index (χ3n) is 2.23. The largest absolute Gasteiger partial charge is 0.237 e. The van der Waals surface area contributed by atoms with E-state index in [4.69, 9.17) is 11.6 Å². The van der Waals surface area contributed by atoms with Crippen molar-refractivity contribution >= 4 is 34.2 Å². The first-order chi connectivity index (χ1) is 7.66. The maximum atomic E-state index is 6.03. The summed E-state index contributed by atoms with van der Waals surface area (Å²) in [6, 6.07) is 10.1. The zero-order valence-corrected chi connectivity index (χ0v) is 11.7. The molecule has 2 nitrogen and oxygen atoms in total. The third kappa shape index (κ3) is 2.71. The van der Waals surface area contributed by atoms with Crippen LogP contribution in [0.25, 0.3) is 0 Å². The van der Waals surface area contributed by atoms with E-state index in [1.807, 2.05) is 25.1 Å². The molecule has 0 bridgehead atoms. The topological polar surface area (TPSA) is 25.8 Å². The molecule has 0 fully saturated rings. The predicted octanol–water partition coefficient (Wildman–Crippen LogP) is 3.63. The van der Waals surface area contributed by atoms with Crippen LogP contribution >= 0.6 is 34.2 Å². The highest BCUT2D eigenvalue weighted by molar-refractivity contribution is 14.1. The van der Waals surface area contributed by atoms with Gasteiger partial charge in [0.25, 0.3) is 0 Å². The molecule has 0 saturated heterocycles. The average molecular weight is 345 g/mol. The molecular formula is C12H10ClIN2. The lowest BCUT2D eigenvalue weighted by atomic mass is 10.1. The summed E-state index contributed by atoms with van der Waals surface area (Å²) >= 11 is 8.19. The maximum Gasteiger partial charge on any atom is 0.146 e. The highest BCUT2D eigenvalue weighted by atomic mass is 127. The molecule has 16 heavy (non-hydrogen) atoms. The van der Waals surface area contributed by atoms with Gasteiger partial charge in [0.2, 0.25) is 0 Å². The van der Waals surface area contributed by atoms with E-state index in [1.165, 1.54) is 5.56 Å². The summed E-state index contributed by atoms with van der Waals surface area (Å²) in [6.45, 7) is 1.95. The van der Waals surface area contributed by atoms with Gasteiger partial charge in [-0.2, -0.15) is 0 Å². The van der Waals surface area contributed by atoms with Crippen molar-refractivity contribution in [2.75, 3.05) is 0 Å². The summed E-state index contributed by atoms with van der Waals surface area (Å²) in [6.07, 6.45) is 0.721. The van der Waals surface area contributed by atoms with Crippen molar-refractivity contribution in [3.63, 3.8) is 0 Å². The van der Waals surface area contributed by atoms with Crippen molar-refractivity contribution in [3.8, 4) is 0 Å². The number of halogens is 2. The Morgan fingerprint density at radius 2 is 1.88 bits per heavy atom. The van der Waals surface area contributed by atoms with Gasteiger partial charge in [-0.25, -0.2) is 9.97 Å². The fraction of sp³-hybridized carbons (Fsp3) is 0.167. The average Bonchev–Trinajstić information content (AvgIpc) is 2.27. The van der Waals surface area contributed by atoms with Gasteiger partial charge < -0.3 is 0 Å². The quantitative estimate of drug-likeness (QED) is 0.614. The summed E-state index contributed by atoms with van der Waals surface area (Å²) in [5.41, 5.74) is 2.13. The van der Waals surface area contributed by atoms with Crippen molar-refractivity contribution in [3.05, 3.63) is 56.1 Å². The van der Waals surface area contributed by atoms with E-state index in [0.29, 0.717) is 5.15 Å². The molecule has 1 heterocycles. The molecule has 0 aliphatic rings. The molecule has 2 rings (SSSR count). The number of hydrogen-bond acceptors (Lipinski definition) is 2. The standard InChI is InChI=1S/C12H10ClIN2/c1-8-11(14)12(13)16-10(15-8)7-9-5-3-2-4-6-9/h2-6H,7H2,1H3. The van der Waals surface area contributed by atoms with E-state index in [1.54, 1.807) is 0 Å². The molecule has 0 spiro atoms. The van der Waals surface area contributed by atoms with Crippen molar-refractivity contribution in [2.45, 2.75) is 13.3 Å². The molecule has 0 N–H and O–H groups in total. The summed E-state index contributed by atoms with van der Waals surface area (Å²) in [4.78, 5) is 8.70. The lowest BCUT2D eigenvalue weighted by Crippen LogP contribution is -2.01. The normalized spacial score (nSPS) is 10.4. The Morgan fingerprint density at radius 1 is 1.19 bits per heavy atom. The van der Waals surface area contributed by atoms with E-state index < -0.39 is 0 Å². The van der Waals surface area contributed by atoms with Crippen LogP contribution < -0.4 is 0 Å². The minimum atomic E-state index is 0.541. The molecule has 82 valence electrons. The number of nitrogens with zero attached hydrogens (tertiary/aromatic N) is 2. The summed E-state index contributed by atoms with van der Waals surface area (Å²) in [5, 5.41) is 0.541. The zero-order valence-electron chi connectivity index (χ0n) is 8.74. The van der Waals surface area contributed by atoms with Crippen LogP contribution in [-0.2, 0) is 6.42 Å². The third-order valence-corrected chi connectivity index (χ3v) is 4.11. The molecule has 4 heteroatoms. The van der Waals surface area contributed by atoms with Crippen LogP contribution in [0.5, 0.6) is 0 Å². The maximum absolute atomic E-state index is 6.03. The number of hydrogen-bond donors (Lipinski definition) is 0. The molecule has 0 saturated carbocycles. The van der Waals surface area contributed by atoms with Crippen LogP contribution in [-0.4, -0.2) is 9.97 Å².